The van der Waals surface area contributed by atoms with Crippen molar-refractivity contribution in [3.8, 4) is 0 Å². The zero-order valence-electron chi connectivity index (χ0n) is 11.8. The van der Waals surface area contributed by atoms with Crippen molar-refractivity contribution >= 4 is 0 Å². The predicted octanol–water partition coefficient (Wildman–Crippen LogP) is 1.65. The predicted molar refractivity (Wildman–Crippen MR) is 73.2 cm³/mol. The largest absolute Gasteiger partial charge is 0.468 e. The Labute approximate surface area is 110 Å². The Bertz CT molecular complexity index is 373. The monoisotopic (exact) mass is 251 g/mol. The molecule has 2 N–H and O–H groups in total. The number of nitrogens with zero attached hydrogens (tertiary/aromatic N) is 2. The normalized spacial score (nSPS) is 19.3. The summed E-state index contributed by atoms with van der Waals surface area (Å²) in [4.78, 5) is 5.02. The Morgan fingerprint density at radius 2 is 1.89 bits per heavy atom. The van der Waals surface area contributed by atoms with Gasteiger partial charge in [-0.2, -0.15) is 0 Å². The van der Waals surface area contributed by atoms with E-state index in [9.17, 15) is 0 Å². The van der Waals surface area contributed by atoms with E-state index in [1.807, 2.05) is 6.07 Å². The van der Waals surface area contributed by atoms with Crippen LogP contribution in [0.15, 0.2) is 16.7 Å². The van der Waals surface area contributed by atoms with Gasteiger partial charge in [-0.15, -0.1) is 0 Å². The van der Waals surface area contributed by atoms with Gasteiger partial charge in [-0.1, -0.05) is 0 Å². The fourth-order valence-corrected chi connectivity index (χ4v) is 2.50. The van der Waals surface area contributed by atoms with Gasteiger partial charge in [-0.05, 0) is 26.8 Å². The standard InChI is InChI=1S/C14H25N3O/c1-14(2,3)17-7-5-16(6-8-17)11-12-4-9-18-13(12)10-15/h4,9H,5-8,10-11,15H2,1-3H3. The summed E-state index contributed by atoms with van der Waals surface area (Å²) >= 11 is 0. The minimum absolute atomic E-state index is 0.282. The van der Waals surface area contributed by atoms with E-state index in [1.54, 1.807) is 6.26 Å². The molecule has 0 bridgehead atoms. The molecule has 0 atom stereocenters. The number of rotatable bonds is 3. The van der Waals surface area contributed by atoms with Crippen molar-refractivity contribution in [3.63, 3.8) is 0 Å². The minimum Gasteiger partial charge on any atom is -0.468 e. The van der Waals surface area contributed by atoms with Crippen molar-refractivity contribution in [2.24, 2.45) is 5.73 Å². The molecule has 4 heteroatoms. The van der Waals surface area contributed by atoms with Crippen molar-refractivity contribution in [2.75, 3.05) is 26.2 Å². The fourth-order valence-electron chi connectivity index (χ4n) is 2.50. The highest BCUT2D eigenvalue weighted by molar-refractivity contribution is 5.16. The zero-order valence-corrected chi connectivity index (χ0v) is 11.8. The van der Waals surface area contributed by atoms with Crippen LogP contribution in [-0.4, -0.2) is 41.5 Å². The molecule has 2 rings (SSSR count). The fraction of sp³-hybridized carbons (Fsp3) is 0.714. The Morgan fingerprint density at radius 3 is 2.44 bits per heavy atom. The molecule has 0 saturated carbocycles. The van der Waals surface area contributed by atoms with Crippen molar-refractivity contribution in [3.05, 3.63) is 23.7 Å². The van der Waals surface area contributed by atoms with E-state index in [4.69, 9.17) is 10.2 Å². The second kappa shape index (κ2) is 5.43. The molecule has 0 amide bonds. The average molecular weight is 251 g/mol. The van der Waals surface area contributed by atoms with Gasteiger partial charge in [0.2, 0.25) is 0 Å². The van der Waals surface area contributed by atoms with Crippen LogP contribution in [0.3, 0.4) is 0 Å². The van der Waals surface area contributed by atoms with Gasteiger partial charge < -0.3 is 10.2 Å². The molecule has 1 aromatic heterocycles. The molecule has 1 aliphatic rings. The first kappa shape index (κ1) is 13.6. The number of piperazine rings is 1. The molecule has 0 spiro atoms. The van der Waals surface area contributed by atoms with E-state index < -0.39 is 0 Å². The highest BCUT2D eigenvalue weighted by atomic mass is 16.3. The Morgan fingerprint density at radius 1 is 1.22 bits per heavy atom. The second-order valence-electron chi connectivity index (χ2n) is 6.01. The molecule has 4 nitrogen and oxygen atoms in total. The van der Waals surface area contributed by atoms with E-state index >= 15 is 0 Å². The molecule has 102 valence electrons. The topological polar surface area (TPSA) is 45.6 Å². The van der Waals surface area contributed by atoms with Crippen molar-refractivity contribution in [1.82, 2.24) is 9.80 Å². The van der Waals surface area contributed by atoms with Crippen LogP contribution in [0.4, 0.5) is 0 Å². The molecule has 2 heterocycles. The number of furan rings is 1. The van der Waals surface area contributed by atoms with E-state index in [2.05, 4.69) is 30.6 Å². The van der Waals surface area contributed by atoms with E-state index in [-0.39, 0.29) is 5.54 Å². The molecule has 1 aromatic rings. The Kier molecular flexibility index (Phi) is 4.10. The maximum Gasteiger partial charge on any atom is 0.121 e. The van der Waals surface area contributed by atoms with E-state index in [0.29, 0.717) is 6.54 Å². The molecular formula is C14H25N3O. The van der Waals surface area contributed by atoms with Gasteiger partial charge in [-0.25, -0.2) is 0 Å². The molecule has 0 unspecified atom stereocenters. The number of hydrogen-bond acceptors (Lipinski definition) is 4. The van der Waals surface area contributed by atoms with Crippen LogP contribution in [0.25, 0.3) is 0 Å². The van der Waals surface area contributed by atoms with Crippen LogP contribution >= 0.6 is 0 Å². The third-order valence-electron chi connectivity index (χ3n) is 3.74. The van der Waals surface area contributed by atoms with Gasteiger partial charge in [0.1, 0.15) is 5.76 Å². The van der Waals surface area contributed by atoms with Gasteiger partial charge >= 0.3 is 0 Å². The first-order valence-corrected chi connectivity index (χ1v) is 6.73. The van der Waals surface area contributed by atoms with Crippen LogP contribution < -0.4 is 5.73 Å². The van der Waals surface area contributed by atoms with E-state index in [1.165, 1.54) is 5.56 Å². The van der Waals surface area contributed by atoms with Crippen LogP contribution in [0.2, 0.25) is 0 Å². The summed E-state index contributed by atoms with van der Waals surface area (Å²) in [6.45, 7) is 12.8. The van der Waals surface area contributed by atoms with Crippen LogP contribution in [0, 0.1) is 0 Å². The van der Waals surface area contributed by atoms with Gasteiger partial charge in [0.15, 0.2) is 0 Å². The number of hydrogen-bond donors (Lipinski definition) is 1. The lowest BCUT2D eigenvalue weighted by Gasteiger charge is -2.42. The van der Waals surface area contributed by atoms with Gasteiger partial charge in [0, 0.05) is 43.8 Å². The molecule has 1 aliphatic heterocycles. The van der Waals surface area contributed by atoms with Gasteiger partial charge in [0.25, 0.3) is 0 Å². The third-order valence-corrected chi connectivity index (χ3v) is 3.74. The Balaban J connectivity index is 1.87. The molecule has 1 fully saturated rings. The summed E-state index contributed by atoms with van der Waals surface area (Å²) < 4.78 is 5.37. The first-order chi connectivity index (χ1) is 8.50. The third kappa shape index (κ3) is 3.13. The quantitative estimate of drug-likeness (QED) is 0.887. The Hall–Kier alpha value is -0.840. The first-order valence-electron chi connectivity index (χ1n) is 6.73. The second-order valence-corrected chi connectivity index (χ2v) is 6.01. The molecule has 0 aliphatic carbocycles. The lowest BCUT2D eigenvalue weighted by atomic mass is 10.0. The summed E-state index contributed by atoms with van der Waals surface area (Å²) in [5.41, 5.74) is 7.18. The minimum atomic E-state index is 0.282. The summed E-state index contributed by atoms with van der Waals surface area (Å²) in [5.74, 6) is 0.924. The number of nitrogens with two attached hydrogens (primary N) is 1. The van der Waals surface area contributed by atoms with Crippen molar-refractivity contribution in [1.29, 1.82) is 0 Å². The highest BCUT2D eigenvalue weighted by Crippen LogP contribution is 2.18. The van der Waals surface area contributed by atoms with Crippen LogP contribution in [0.5, 0.6) is 0 Å². The van der Waals surface area contributed by atoms with E-state index in [0.717, 1.165) is 38.5 Å². The molecule has 18 heavy (non-hydrogen) atoms. The van der Waals surface area contributed by atoms with Crippen molar-refractivity contribution < 1.29 is 4.42 Å². The molecule has 1 saturated heterocycles. The van der Waals surface area contributed by atoms with Gasteiger partial charge in [0.05, 0.1) is 12.8 Å². The summed E-state index contributed by atoms with van der Waals surface area (Å²) in [5, 5.41) is 0. The van der Waals surface area contributed by atoms with Crippen LogP contribution in [-0.2, 0) is 13.1 Å². The lowest BCUT2D eigenvalue weighted by Crippen LogP contribution is -2.53. The zero-order chi connectivity index (χ0) is 13.2. The van der Waals surface area contributed by atoms with Crippen molar-refractivity contribution in [2.45, 2.75) is 39.4 Å². The molecule has 0 aromatic carbocycles. The molecule has 0 radical (unpaired) electrons. The summed E-state index contributed by atoms with van der Waals surface area (Å²) in [7, 11) is 0. The summed E-state index contributed by atoms with van der Waals surface area (Å²) in [6, 6.07) is 2.04. The maximum atomic E-state index is 5.66. The van der Waals surface area contributed by atoms with Crippen LogP contribution in [0.1, 0.15) is 32.1 Å². The smallest absolute Gasteiger partial charge is 0.121 e. The highest BCUT2D eigenvalue weighted by Gasteiger charge is 2.26. The maximum absolute atomic E-state index is 5.66. The average Bonchev–Trinajstić information content (AvgIpc) is 2.76. The SMILES string of the molecule is CC(C)(C)N1CCN(Cc2ccoc2CN)CC1. The molecular weight excluding hydrogens is 226 g/mol. The van der Waals surface area contributed by atoms with Gasteiger partial charge in [-0.3, -0.25) is 9.80 Å². The lowest BCUT2D eigenvalue weighted by molar-refractivity contribution is 0.0588. The summed E-state index contributed by atoms with van der Waals surface area (Å²) in [6.07, 6.45) is 1.74.